The SMILES string of the molecule is COC(=O)[C@@]12C[C@H]3C[C@H]([C@H](C)O)[C@@H]1N(Cc1c2n(C=O)c2ccccc12)C3. The van der Waals surface area contributed by atoms with E-state index in [9.17, 15) is 14.7 Å². The number of carbonyl (C=O) groups is 2. The van der Waals surface area contributed by atoms with E-state index >= 15 is 0 Å². The highest BCUT2D eigenvalue weighted by atomic mass is 16.5. The molecule has 2 saturated heterocycles. The van der Waals surface area contributed by atoms with Crippen molar-refractivity contribution < 1.29 is 19.4 Å². The van der Waals surface area contributed by atoms with Crippen LogP contribution in [-0.2, 0) is 26.3 Å². The van der Waals surface area contributed by atoms with Crippen molar-refractivity contribution in [2.75, 3.05) is 13.7 Å². The van der Waals surface area contributed by atoms with Crippen molar-refractivity contribution in [3.05, 3.63) is 35.5 Å². The third-order valence-corrected chi connectivity index (χ3v) is 7.09. The highest BCUT2D eigenvalue weighted by Gasteiger charge is 2.65. The molecular formula is C21H24N2O4. The molecule has 1 aliphatic carbocycles. The van der Waals surface area contributed by atoms with Crippen LogP contribution in [0.5, 0.6) is 0 Å². The molecular weight excluding hydrogens is 344 g/mol. The van der Waals surface area contributed by atoms with Crippen LogP contribution in [0.4, 0.5) is 0 Å². The molecule has 4 bridgehead atoms. The molecule has 3 aliphatic heterocycles. The summed E-state index contributed by atoms with van der Waals surface area (Å²) in [5.74, 6) is 0.00207. The minimum atomic E-state index is -0.912. The lowest BCUT2D eigenvalue weighted by Gasteiger charge is -2.61. The van der Waals surface area contributed by atoms with Crippen molar-refractivity contribution in [3.8, 4) is 0 Å². The zero-order chi connectivity index (χ0) is 18.9. The third kappa shape index (κ3) is 1.97. The topological polar surface area (TPSA) is 71.8 Å². The van der Waals surface area contributed by atoms with E-state index in [4.69, 9.17) is 4.74 Å². The van der Waals surface area contributed by atoms with Crippen molar-refractivity contribution in [2.24, 2.45) is 11.8 Å². The summed E-state index contributed by atoms with van der Waals surface area (Å²) < 4.78 is 6.97. The molecule has 2 aromatic rings. The standard InChI is InChI=1S/C21H24N2O4/c1-12(25)15-7-13-8-21(20(26)27-2)18(15)22(9-13)10-16-14-5-3-4-6-17(14)23(11-24)19(16)21/h3-6,11-13,15,18,25H,7-10H2,1-2H3/t12-,13+,15+,18-,21-/m0/s1. The van der Waals surface area contributed by atoms with Gasteiger partial charge in [0.1, 0.15) is 5.41 Å². The largest absolute Gasteiger partial charge is 0.468 e. The Morgan fingerprint density at radius 3 is 2.89 bits per heavy atom. The van der Waals surface area contributed by atoms with E-state index in [1.54, 1.807) is 4.57 Å². The number of esters is 1. The number of hydrogen-bond acceptors (Lipinski definition) is 5. The second kappa shape index (κ2) is 5.66. The number of carbonyl (C=O) groups excluding carboxylic acids is 2. The Morgan fingerprint density at radius 2 is 2.19 bits per heavy atom. The van der Waals surface area contributed by atoms with Crippen molar-refractivity contribution in [1.82, 2.24) is 9.47 Å². The zero-order valence-corrected chi connectivity index (χ0v) is 15.6. The summed E-state index contributed by atoms with van der Waals surface area (Å²) in [7, 11) is 1.42. The number of aliphatic hydroxyl groups excluding tert-OH is 1. The quantitative estimate of drug-likeness (QED) is 0.659. The summed E-state index contributed by atoms with van der Waals surface area (Å²) in [6.07, 6.45) is 1.89. The molecule has 3 fully saturated rings. The van der Waals surface area contributed by atoms with Crippen LogP contribution in [0.3, 0.4) is 0 Å². The molecule has 0 spiro atoms. The first-order valence-corrected chi connectivity index (χ1v) is 9.61. The lowest BCUT2D eigenvalue weighted by Crippen LogP contribution is -2.71. The number of para-hydroxylation sites is 1. The van der Waals surface area contributed by atoms with Gasteiger partial charge in [0.2, 0.25) is 6.41 Å². The fraction of sp³-hybridized carbons (Fsp3) is 0.524. The summed E-state index contributed by atoms with van der Waals surface area (Å²) in [5.41, 5.74) is 1.75. The van der Waals surface area contributed by atoms with E-state index in [1.807, 2.05) is 31.2 Å². The number of rotatable bonds is 3. The number of fused-ring (bicyclic) bond motifs is 4. The van der Waals surface area contributed by atoms with E-state index < -0.39 is 11.5 Å². The van der Waals surface area contributed by atoms with Gasteiger partial charge in [-0.3, -0.25) is 19.1 Å². The number of hydrogen-bond donors (Lipinski definition) is 1. The average molecular weight is 368 g/mol. The summed E-state index contributed by atoms with van der Waals surface area (Å²) in [6.45, 7) is 3.43. The fourth-order valence-electron chi connectivity index (χ4n) is 6.34. The van der Waals surface area contributed by atoms with Crippen molar-refractivity contribution in [2.45, 2.75) is 43.9 Å². The van der Waals surface area contributed by atoms with Crippen LogP contribution in [0.25, 0.3) is 10.9 Å². The Bertz CT molecular complexity index is 949. The second-order valence-electron chi connectivity index (χ2n) is 8.37. The number of aromatic nitrogens is 1. The van der Waals surface area contributed by atoms with Crippen LogP contribution in [0, 0.1) is 11.8 Å². The van der Waals surface area contributed by atoms with Gasteiger partial charge in [0.05, 0.1) is 18.7 Å². The Hall–Kier alpha value is -2.18. The van der Waals surface area contributed by atoms with E-state index in [2.05, 4.69) is 4.90 Å². The van der Waals surface area contributed by atoms with Crippen LogP contribution in [0.1, 0.15) is 31.0 Å². The molecule has 4 heterocycles. The molecule has 6 heteroatoms. The van der Waals surface area contributed by atoms with E-state index in [1.165, 1.54) is 7.11 Å². The van der Waals surface area contributed by atoms with Gasteiger partial charge in [0, 0.05) is 36.1 Å². The molecule has 1 unspecified atom stereocenters. The normalized spacial score (nSPS) is 34.9. The van der Waals surface area contributed by atoms with Gasteiger partial charge in [-0.15, -0.1) is 0 Å². The Kier molecular flexibility index (Phi) is 3.55. The van der Waals surface area contributed by atoms with Crippen LogP contribution in [0.2, 0.25) is 0 Å². The van der Waals surface area contributed by atoms with Crippen molar-refractivity contribution in [1.29, 1.82) is 0 Å². The first-order valence-electron chi connectivity index (χ1n) is 9.61. The minimum absolute atomic E-state index is 0.0112. The lowest BCUT2D eigenvalue weighted by molar-refractivity contribution is -0.170. The van der Waals surface area contributed by atoms with Gasteiger partial charge in [0.15, 0.2) is 0 Å². The van der Waals surface area contributed by atoms with Gasteiger partial charge >= 0.3 is 5.97 Å². The van der Waals surface area contributed by atoms with E-state index in [-0.39, 0.29) is 17.9 Å². The molecule has 0 radical (unpaired) electrons. The maximum absolute atomic E-state index is 13.3. The fourth-order valence-corrected chi connectivity index (χ4v) is 6.34. The van der Waals surface area contributed by atoms with Crippen molar-refractivity contribution in [3.63, 3.8) is 0 Å². The molecule has 0 amide bonds. The van der Waals surface area contributed by atoms with Gasteiger partial charge in [-0.05, 0) is 37.3 Å². The van der Waals surface area contributed by atoms with Crippen LogP contribution < -0.4 is 0 Å². The predicted octanol–water partition coefficient (Wildman–Crippen LogP) is 1.70. The smallest absolute Gasteiger partial charge is 0.319 e. The third-order valence-electron chi connectivity index (χ3n) is 7.09. The summed E-state index contributed by atoms with van der Waals surface area (Å²) in [5, 5.41) is 11.5. The first-order chi connectivity index (χ1) is 13.0. The molecule has 1 saturated carbocycles. The Morgan fingerprint density at radius 1 is 1.41 bits per heavy atom. The molecule has 1 aromatic heterocycles. The van der Waals surface area contributed by atoms with Gasteiger partial charge < -0.3 is 9.84 Å². The molecule has 4 aliphatic rings. The number of aliphatic hydroxyl groups is 1. The summed E-state index contributed by atoms with van der Waals surface area (Å²) >= 11 is 0. The molecule has 27 heavy (non-hydrogen) atoms. The molecule has 1 aromatic carbocycles. The zero-order valence-electron chi connectivity index (χ0n) is 15.6. The monoisotopic (exact) mass is 368 g/mol. The molecule has 6 atom stereocenters. The van der Waals surface area contributed by atoms with Gasteiger partial charge in [0.25, 0.3) is 0 Å². The second-order valence-corrected chi connectivity index (χ2v) is 8.37. The number of nitrogens with zero attached hydrogens (tertiary/aromatic N) is 2. The highest BCUT2D eigenvalue weighted by molar-refractivity contribution is 5.96. The number of piperidine rings is 2. The number of ether oxygens (including phenoxy) is 1. The Balaban J connectivity index is 1.86. The van der Waals surface area contributed by atoms with Gasteiger partial charge in [-0.25, -0.2) is 0 Å². The van der Waals surface area contributed by atoms with E-state index in [0.29, 0.717) is 18.9 Å². The summed E-state index contributed by atoms with van der Waals surface area (Å²) in [4.78, 5) is 27.8. The predicted molar refractivity (Wildman–Crippen MR) is 99.9 cm³/mol. The maximum atomic E-state index is 13.3. The van der Waals surface area contributed by atoms with E-state index in [0.717, 1.165) is 41.5 Å². The molecule has 6 nitrogen and oxygen atoms in total. The van der Waals surface area contributed by atoms with Crippen molar-refractivity contribution >= 4 is 23.3 Å². The average Bonchev–Trinajstić information content (AvgIpc) is 3.01. The molecule has 142 valence electrons. The highest BCUT2D eigenvalue weighted by Crippen LogP contribution is 2.57. The number of methoxy groups -OCH3 is 1. The molecule has 1 N–H and O–H groups in total. The van der Waals surface area contributed by atoms with Gasteiger partial charge in [-0.1, -0.05) is 18.2 Å². The lowest BCUT2D eigenvalue weighted by atomic mass is 9.54. The molecule has 6 rings (SSSR count). The first kappa shape index (κ1) is 17.0. The van der Waals surface area contributed by atoms with Gasteiger partial charge in [-0.2, -0.15) is 0 Å². The van der Waals surface area contributed by atoms with Crippen LogP contribution in [0.15, 0.2) is 24.3 Å². The Labute approximate surface area is 157 Å². The van der Waals surface area contributed by atoms with Crippen LogP contribution in [-0.4, -0.2) is 52.8 Å². The maximum Gasteiger partial charge on any atom is 0.319 e. The van der Waals surface area contributed by atoms with Crippen LogP contribution >= 0.6 is 0 Å². The number of benzene rings is 1. The summed E-state index contributed by atoms with van der Waals surface area (Å²) in [6, 6.07) is 7.68. The minimum Gasteiger partial charge on any atom is -0.468 e.